The summed E-state index contributed by atoms with van der Waals surface area (Å²) in [5.41, 5.74) is 0.987. The van der Waals surface area contributed by atoms with E-state index in [4.69, 9.17) is 29.6 Å². The van der Waals surface area contributed by atoms with Crippen molar-refractivity contribution in [1.29, 1.82) is 0 Å². The second-order valence-corrected chi connectivity index (χ2v) is 3.38. The van der Waals surface area contributed by atoms with Crippen LogP contribution in [0.2, 0.25) is 0 Å². The molecule has 1 nitrogen and oxygen atoms in total. The third kappa shape index (κ3) is 5.15. The van der Waals surface area contributed by atoms with Crippen molar-refractivity contribution in [1.82, 2.24) is 5.32 Å². The summed E-state index contributed by atoms with van der Waals surface area (Å²) in [5, 5.41) is 3.59. The van der Waals surface area contributed by atoms with Crippen LogP contribution in [0.3, 0.4) is 0 Å². The third-order valence-electron chi connectivity index (χ3n) is 1.18. The van der Waals surface area contributed by atoms with Crippen LogP contribution in [0.5, 0.6) is 0 Å². The largest absolute Gasteiger partial charge is 0.297 e. The van der Waals surface area contributed by atoms with E-state index < -0.39 is 0 Å². The minimum Gasteiger partial charge on any atom is -0.297 e. The van der Waals surface area contributed by atoms with Crippen molar-refractivity contribution < 1.29 is 0 Å². The number of hydrogen-bond donors (Lipinski definition) is 1. The second kappa shape index (κ2) is 4.66. The molecule has 0 aromatic heterocycles. The molecular formula is C8H11Cl2N. The van der Waals surface area contributed by atoms with Gasteiger partial charge in [-0.2, -0.15) is 0 Å². The minimum absolute atomic E-state index is 0.333. The smallest absolute Gasteiger partial charge is 0.0744 e. The molecule has 0 unspecified atom stereocenters. The molecule has 0 radical (unpaired) electrons. The van der Waals surface area contributed by atoms with E-state index in [1.165, 1.54) is 5.54 Å². The van der Waals surface area contributed by atoms with E-state index in [-0.39, 0.29) is 5.54 Å². The highest BCUT2D eigenvalue weighted by Gasteiger charge is 2.11. The number of halogens is 2. The first-order valence-corrected chi connectivity index (χ1v) is 4.01. The van der Waals surface area contributed by atoms with Crippen molar-refractivity contribution >= 4 is 23.2 Å². The van der Waals surface area contributed by atoms with Crippen molar-refractivity contribution in [3.63, 3.8) is 0 Å². The van der Waals surface area contributed by atoms with Gasteiger partial charge >= 0.3 is 0 Å². The molecule has 0 spiro atoms. The van der Waals surface area contributed by atoms with E-state index >= 15 is 0 Å². The van der Waals surface area contributed by atoms with Gasteiger partial charge < -0.3 is 0 Å². The minimum atomic E-state index is -0.333. The third-order valence-corrected chi connectivity index (χ3v) is 1.80. The summed E-state index contributed by atoms with van der Waals surface area (Å²) in [4.78, 5) is 0. The first-order chi connectivity index (χ1) is 5.02. The van der Waals surface area contributed by atoms with Gasteiger partial charge in [0, 0.05) is 17.1 Å². The van der Waals surface area contributed by atoms with Crippen molar-refractivity contribution in [2.24, 2.45) is 0 Å². The predicted octanol–water partition coefficient (Wildman–Crippen LogP) is 2.31. The summed E-state index contributed by atoms with van der Waals surface area (Å²) in [6, 6.07) is 0. The number of rotatable bonds is 3. The lowest BCUT2D eigenvalue weighted by Crippen LogP contribution is -2.38. The van der Waals surface area contributed by atoms with Gasteiger partial charge in [0.2, 0.25) is 0 Å². The van der Waals surface area contributed by atoms with Gasteiger partial charge in [-0.05, 0) is 13.8 Å². The fraction of sp³-hybridized carbons (Fsp3) is 0.500. The van der Waals surface area contributed by atoms with Gasteiger partial charge in [-0.1, -0.05) is 29.1 Å². The van der Waals surface area contributed by atoms with Gasteiger partial charge in [-0.3, -0.25) is 5.32 Å². The summed E-state index contributed by atoms with van der Waals surface area (Å²) >= 11 is 11.0. The molecule has 0 aromatic rings. The van der Waals surface area contributed by atoms with Crippen molar-refractivity contribution in [3.8, 4) is 12.3 Å². The van der Waals surface area contributed by atoms with Crippen LogP contribution < -0.4 is 5.32 Å². The molecule has 0 saturated carbocycles. The zero-order chi connectivity index (χ0) is 8.91. The number of terminal acetylenes is 1. The molecule has 0 atom stereocenters. The van der Waals surface area contributed by atoms with Crippen LogP contribution in [0.25, 0.3) is 0 Å². The quantitative estimate of drug-likeness (QED) is 0.676. The summed E-state index contributed by atoms with van der Waals surface area (Å²) < 4.78 is 0. The van der Waals surface area contributed by atoms with Crippen molar-refractivity contribution in [2.75, 3.05) is 6.54 Å². The Labute approximate surface area is 77.8 Å². The molecule has 0 bridgehead atoms. The molecular weight excluding hydrogens is 181 g/mol. The van der Waals surface area contributed by atoms with E-state index in [9.17, 15) is 0 Å². The Bertz CT molecular complexity index is 189. The first-order valence-electron chi connectivity index (χ1n) is 3.19. The normalized spacial score (nSPS) is 12.8. The summed E-state index contributed by atoms with van der Waals surface area (Å²) in [5.74, 6) is 2.58. The van der Waals surface area contributed by atoms with Crippen LogP contribution >= 0.6 is 23.2 Å². The summed E-state index contributed by atoms with van der Waals surface area (Å²) in [6.07, 6.45) is 5.23. The highest BCUT2D eigenvalue weighted by atomic mass is 35.5. The van der Waals surface area contributed by atoms with Gasteiger partial charge in [-0.25, -0.2) is 0 Å². The van der Waals surface area contributed by atoms with Crippen LogP contribution in [-0.4, -0.2) is 12.1 Å². The molecule has 0 aliphatic rings. The Morgan fingerprint density at radius 1 is 1.73 bits per heavy atom. The highest BCUT2D eigenvalue weighted by molar-refractivity contribution is 6.36. The Hall–Kier alpha value is -0.160. The maximum Gasteiger partial charge on any atom is 0.0744 e. The number of nitrogens with one attached hydrogen (secondary N) is 1. The Balaban J connectivity index is 3.82. The molecule has 0 fully saturated rings. The van der Waals surface area contributed by atoms with Gasteiger partial charge in [0.25, 0.3) is 0 Å². The zero-order valence-electron chi connectivity index (χ0n) is 6.62. The van der Waals surface area contributed by atoms with Crippen molar-refractivity contribution in [3.05, 3.63) is 10.6 Å². The average Bonchev–Trinajstić information content (AvgIpc) is 2.00. The molecule has 0 amide bonds. The predicted molar refractivity (Wildman–Crippen MR) is 50.7 cm³/mol. The van der Waals surface area contributed by atoms with Crippen LogP contribution in [0.4, 0.5) is 0 Å². The molecule has 3 heteroatoms. The van der Waals surface area contributed by atoms with E-state index in [1.54, 1.807) is 0 Å². The van der Waals surface area contributed by atoms with Gasteiger partial charge in [0.15, 0.2) is 0 Å². The second-order valence-electron chi connectivity index (χ2n) is 2.68. The van der Waals surface area contributed by atoms with Crippen LogP contribution in [-0.2, 0) is 0 Å². The SMILES string of the molecule is C#CC(C)(C)NCC(Cl)=CCl. The Morgan fingerprint density at radius 3 is 2.64 bits per heavy atom. The fourth-order valence-corrected chi connectivity index (χ4v) is 0.539. The molecule has 62 valence electrons. The fourth-order valence-electron chi connectivity index (χ4n) is 0.395. The monoisotopic (exact) mass is 191 g/mol. The zero-order valence-corrected chi connectivity index (χ0v) is 8.13. The van der Waals surface area contributed by atoms with Crippen LogP contribution in [0.15, 0.2) is 10.6 Å². The lowest BCUT2D eigenvalue weighted by atomic mass is 10.1. The Morgan fingerprint density at radius 2 is 2.27 bits per heavy atom. The van der Waals surface area contributed by atoms with E-state index in [0.29, 0.717) is 11.6 Å². The van der Waals surface area contributed by atoms with Gasteiger partial charge in [0.05, 0.1) is 5.54 Å². The first kappa shape index (κ1) is 10.8. The van der Waals surface area contributed by atoms with Crippen molar-refractivity contribution in [2.45, 2.75) is 19.4 Å². The topological polar surface area (TPSA) is 12.0 Å². The Kier molecular flexibility index (Phi) is 4.60. The van der Waals surface area contributed by atoms with E-state index in [2.05, 4.69) is 11.2 Å². The number of hydrogen-bond acceptors (Lipinski definition) is 1. The molecule has 0 rings (SSSR count). The molecule has 1 N–H and O–H groups in total. The lowest BCUT2D eigenvalue weighted by Gasteiger charge is -2.18. The maximum absolute atomic E-state index is 5.63. The maximum atomic E-state index is 5.63. The molecule has 0 aromatic carbocycles. The average molecular weight is 192 g/mol. The summed E-state index contributed by atoms with van der Waals surface area (Å²) in [6.45, 7) is 4.29. The lowest BCUT2D eigenvalue weighted by molar-refractivity contribution is 0.521. The molecule has 0 aliphatic carbocycles. The van der Waals surface area contributed by atoms with Crippen LogP contribution in [0, 0.1) is 12.3 Å². The molecule has 0 heterocycles. The molecule has 11 heavy (non-hydrogen) atoms. The van der Waals surface area contributed by atoms with Gasteiger partial charge in [-0.15, -0.1) is 6.42 Å². The van der Waals surface area contributed by atoms with Gasteiger partial charge in [0.1, 0.15) is 0 Å². The summed E-state index contributed by atoms with van der Waals surface area (Å²) in [7, 11) is 0. The standard InChI is InChI=1S/C8H11Cl2N/c1-4-8(2,3)11-6-7(10)5-9/h1,5,11H,6H2,2-3H3. The molecule has 0 aliphatic heterocycles. The van der Waals surface area contributed by atoms with E-state index in [1.807, 2.05) is 13.8 Å². The highest BCUT2D eigenvalue weighted by Crippen LogP contribution is 2.04. The van der Waals surface area contributed by atoms with Crippen LogP contribution in [0.1, 0.15) is 13.8 Å². The molecule has 0 saturated heterocycles. The van der Waals surface area contributed by atoms with E-state index in [0.717, 1.165) is 0 Å².